The first-order valence-electron chi connectivity index (χ1n) is 19.3. The molecule has 0 unspecified atom stereocenters. The molecule has 55 heavy (non-hydrogen) atoms. The number of fused-ring (bicyclic) bond motifs is 7. The van der Waals surface area contributed by atoms with E-state index >= 15 is 0 Å². The van der Waals surface area contributed by atoms with Crippen LogP contribution in [0.15, 0.2) is 194 Å². The molecule has 10 aromatic carbocycles. The molecule has 0 nitrogen and oxygen atoms in total. The molecule has 0 aliphatic carbocycles. The Labute approximate surface area is 323 Å². The minimum absolute atomic E-state index is 1.25. The summed E-state index contributed by atoms with van der Waals surface area (Å²) < 4.78 is 0. The highest BCUT2D eigenvalue weighted by atomic mass is 28.3. The van der Waals surface area contributed by atoms with Gasteiger partial charge < -0.3 is 0 Å². The van der Waals surface area contributed by atoms with Gasteiger partial charge in [0.15, 0.2) is 0 Å². The van der Waals surface area contributed by atoms with E-state index in [2.05, 4.69) is 207 Å². The van der Waals surface area contributed by atoms with Crippen molar-refractivity contribution in [1.82, 2.24) is 0 Å². The lowest BCUT2D eigenvalue weighted by Gasteiger charge is -2.23. The Hall–Kier alpha value is -6.54. The molecule has 1 heteroatoms. The van der Waals surface area contributed by atoms with Crippen LogP contribution in [0.3, 0.4) is 0 Å². The molecule has 0 atom stereocenters. The largest absolute Gasteiger partial charge is 0.113 e. The second kappa shape index (κ2) is 12.2. The van der Waals surface area contributed by atoms with E-state index in [-0.39, 0.29) is 0 Å². The van der Waals surface area contributed by atoms with Gasteiger partial charge in [-0.2, -0.15) is 0 Å². The summed E-state index contributed by atoms with van der Waals surface area (Å²) in [4.78, 5) is 0. The molecule has 0 bridgehead atoms. The van der Waals surface area contributed by atoms with Crippen molar-refractivity contribution in [2.75, 3.05) is 0 Å². The van der Waals surface area contributed by atoms with Crippen molar-refractivity contribution in [2.45, 2.75) is 13.1 Å². The zero-order chi connectivity index (χ0) is 36.7. The molecule has 0 radical (unpaired) electrons. The fraction of sp³-hybridized carbons (Fsp3) is 0.0370. The summed E-state index contributed by atoms with van der Waals surface area (Å²) in [5, 5.41) is 13.3. The molecular weight excluding hydrogens is 677 g/mol. The molecule has 0 N–H and O–H groups in total. The van der Waals surface area contributed by atoms with E-state index < -0.39 is 8.07 Å². The summed E-state index contributed by atoms with van der Waals surface area (Å²) in [5.41, 5.74) is 13.0. The SMILES string of the molecule is C[Si]1(C)c2cc(-c3ccccc3-c3ccccc3)ccc2-c2cc3c(-c4ccc5ccccc5c4)c4ccccc4c(-c4ccc5ccccc5c4)c3cc21. The van der Waals surface area contributed by atoms with Gasteiger partial charge in [-0.3, -0.25) is 0 Å². The Balaban J connectivity index is 1.20. The van der Waals surface area contributed by atoms with Gasteiger partial charge in [0.05, 0.1) is 0 Å². The van der Waals surface area contributed by atoms with Gasteiger partial charge in [-0.25, -0.2) is 0 Å². The summed E-state index contributed by atoms with van der Waals surface area (Å²) in [6, 6.07) is 72.7. The number of benzene rings is 10. The van der Waals surface area contributed by atoms with E-state index in [4.69, 9.17) is 0 Å². The molecule has 11 rings (SSSR count). The van der Waals surface area contributed by atoms with Crippen LogP contribution >= 0.6 is 0 Å². The van der Waals surface area contributed by atoms with Gasteiger partial charge in [-0.05, 0) is 127 Å². The van der Waals surface area contributed by atoms with Crippen LogP contribution in [0.4, 0.5) is 0 Å². The second-order valence-corrected chi connectivity index (χ2v) is 20.0. The van der Waals surface area contributed by atoms with E-state index in [1.807, 2.05) is 0 Å². The first-order valence-corrected chi connectivity index (χ1v) is 22.3. The maximum atomic E-state index is 2.61. The first kappa shape index (κ1) is 31.9. The zero-order valence-corrected chi connectivity index (χ0v) is 32.0. The van der Waals surface area contributed by atoms with Crippen LogP contribution < -0.4 is 10.4 Å². The predicted octanol–water partition coefficient (Wildman–Crippen LogP) is 13.8. The summed E-state index contributed by atoms with van der Waals surface area (Å²) >= 11 is 0. The van der Waals surface area contributed by atoms with Gasteiger partial charge in [0.1, 0.15) is 8.07 Å². The van der Waals surface area contributed by atoms with E-state index in [0.29, 0.717) is 0 Å². The van der Waals surface area contributed by atoms with E-state index in [9.17, 15) is 0 Å². The van der Waals surface area contributed by atoms with Crippen molar-refractivity contribution in [1.29, 1.82) is 0 Å². The third kappa shape index (κ3) is 4.97. The molecule has 258 valence electrons. The van der Waals surface area contributed by atoms with Crippen molar-refractivity contribution < 1.29 is 0 Å². The molecule has 1 aliphatic heterocycles. The maximum absolute atomic E-state index is 2.61. The van der Waals surface area contributed by atoms with Gasteiger partial charge in [0.2, 0.25) is 0 Å². The molecule has 10 aromatic rings. The average Bonchev–Trinajstić information content (AvgIpc) is 3.46. The molecule has 0 saturated heterocycles. The number of rotatable bonds is 4. The smallest absolute Gasteiger partial charge is 0.0622 e. The molecule has 0 aromatic heterocycles. The van der Waals surface area contributed by atoms with Crippen molar-refractivity contribution in [3.05, 3.63) is 194 Å². The molecule has 0 fully saturated rings. The van der Waals surface area contributed by atoms with Crippen LogP contribution in [0.25, 0.3) is 98.7 Å². The first-order chi connectivity index (χ1) is 27.0. The van der Waals surface area contributed by atoms with Crippen molar-refractivity contribution in [3.8, 4) is 55.6 Å². The van der Waals surface area contributed by atoms with Crippen LogP contribution in [-0.2, 0) is 0 Å². The van der Waals surface area contributed by atoms with E-state index in [1.54, 1.807) is 0 Å². The standard InChI is InChI=1S/C54H38Si/c1-55(2)51-32-40(44-21-11-10-20-43(44)37-16-4-3-5-17-37)28-29-45(51)48-33-49-50(34-52(48)55)54(42-27-25-36-15-7-9-19-39(36)31-42)47-23-13-12-22-46(47)53(49)41-26-24-35-14-6-8-18-38(35)30-41/h3-34H,1-2H3. The van der Waals surface area contributed by atoms with Crippen LogP contribution in [0.2, 0.25) is 13.1 Å². The van der Waals surface area contributed by atoms with Crippen LogP contribution in [-0.4, -0.2) is 8.07 Å². The van der Waals surface area contributed by atoms with Crippen LogP contribution in [0.5, 0.6) is 0 Å². The lowest BCUT2D eigenvalue weighted by Crippen LogP contribution is -2.49. The minimum Gasteiger partial charge on any atom is -0.0622 e. The number of hydrogen-bond donors (Lipinski definition) is 0. The van der Waals surface area contributed by atoms with Crippen molar-refractivity contribution in [2.24, 2.45) is 0 Å². The molecule has 0 spiro atoms. The highest BCUT2D eigenvalue weighted by Crippen LogP contribution is 2.47. The fourth-order valence-electron chi connectivity index (χ4n) is 9.49. The Morgan fingerprint density at radius 3 is 1.36 bits per heavy atom. The van der Waals surface area contributed by atoms with Crippen LogP contribution in [0.1, 0.15) is 0 Å². The summed E-state index contributed by atoms with van der Waals surface area (Å²) in [7, 11) is -2.13. The van der Waals surface area contributed by atoms with Gasteiger partial charge in [-0.15, -0.1) is 0 Å². The highest BCUT2D eigenvalue weighted by molar-refractivity contribution is 7.04. The molecule has 0 amide bonds. The van der Waals surface area contributed by atoms with E-state index in [1.165, 1.54) is 109 Å². The van der Waals surface area contributed by atoms with Crippen molar-refractivity contribution in [3.63, 3.8) is 0 Å². The monoisotopic (exact) mass is 714 g/mol. The van der Waals surface area contributed by atoms with Gasteiger partial charge in [0.25, 0.3) is 0 Å². The lowest BCUT2D eigenvalue weighted by atomic mass is 9.84. The summed E-state index contributed by atoms with van der Waals surface area (Å²) in [6.45, 7) is 5.11. The summed E-state index contributed by atoms with van der Waals surface area (Å²) in [5.74, 6) is 0. The highest BCUT2D eigenvalue weighted by Gasteiger charge is 2.38. The lowest BCUT2D eigenvalue weighted by molar-refractivity contribution is 1.59. The Morgan fingerprint density at radius 2 is 0.745 bits per heavy atom. The quantitative estimate of drug-likeness (QED) is 0.126. The minimum atomic E-state index is -2.13. The fourth-order valence-corrected chi connectivity index (χ4v) is 12.6. The maximum Gasteiger partial charge on any atom is 0.113 e. The second-order valence-electron chi connectivity index (χ2n) is 15.7. The zero-order valence-electron chi connectivity index (χ0n) is 31.0. The van der Waals surface area contributed by atoms with Gasteiger partial charge in [-0.1, -0.05) is 189 Å². The predicted molar refractivity (Wildman–Crippen MR) is 240 cm³/mol. The molecule has 1 aliphatic rings. The molecule has 0 saturated carbocycles. The molecular formula is C54H38Si. The number of hydrogen-bond acceptors (Lipinski definition) is 0. The van der Waals surface area contributed by atoms with Crippen LogP contribution in [0, 0.1) is 0 Å². The van der Waals surface area contributed by atoms with Gasteiger partial charge >= 0.3 is 0 Å². The van der Waals surface area contributed by atoms with Crippen molar-refractivity contribution >= 4 is 61.5 Å². The van der Waals surface area contributed by atoms with E-state index in [0.717, 1.165) is 0 Å². The Bertz CT molecular complexity index is 3170. The van der Waals surface area contributed by atoms with Gasteiger partial charge in [0, 0.05) is 0 Å². The topological polar surface area (TPSA) is 0 Å². The average molecular weight is 715 g/mol. The third-order valence-corrected chi connectivity index (χ3v) is 15.7. The molecule has 1 heterocycles. The summed E-state index contributed by atoms with van der Waals surface area (Å²) in [6.07, 6.45) is 0. The normalized spacial score (nSPS) is 13.1. The third-order valence-electron chi connectivity index (χ3n) is 12.2. The Morgan fingerprint density at radius 1 is 0.273 bits per heavy atom. The Kier molecular flexibility index (Phi) is 7.11.